The lowest BCUT2D eigenvalue weighted by Gasteiger charge is -1.98. The second-order valence-electron chi connectivity index (χ2n) is 1.91. The van der Waals surface area contributed by atoms with Crippen LogP contribution in [0, 0.1) is 6.42 Å². The first kappa shape index (κ1) is 7.58. The molecule has 0 saturated carbocycles. The van der Waals surface area contributed by atoms with Crippen molar-refractivity contribution in [1.82, 2.24) is 0 Å². The Bertz CT molecular complexity index is 210. The summed E-state index contributed by atoms with van der Waals surface area (Å²) >= 11 is 5.76. The van der Waals surface area contributed by atoms with Crippen LogP contribution < -0.4 is 0 Å². The number of hydrogen-bond donors (Lipinski definition) is 1. The zero-order valence-corrected chi connectivity index (χ0v) is 6.17. The van der Waals surface area contributed by atoms with Crippen molar-refractivity contribution in [3.05, 3.63) is 41.3 Å². The lowest BCUT2D eigenvalue weighted by Crippen LogP contribution is -1.86. The largest absolute Gasteiger partial charge is 0.396 e. The van der Waals surface area contributed by atoms with Gasteiger partial charge in [-0.1, -0.05) is 29.8 Å². The van der Waals surface area contributed by atoms with Crippen molar-refractivity contribution < 1.29 is 5.11 Å². The molecule has 0 aromatic heterocycles. The van der Waals surface area contributed by atoms with E-state index in [4.69, 9.17) is 16.7 Å². The Morgan fingerprint density at radius 3 is 2.70 bits per heavy atom. The minimum atomic E-state index is 0.0315. The fraction of sp³-hybridized carbons (Fsp3) is 0.125. The Labute approximate surface area is 65.3 Å². The Balaban J connectivity index is 2.81. The molecule has 0 saturated heterocycles. The zero-order chi connectivity index (χ0) is 7.40. The molecular formula is C8H8ClO. The van der Waals surface area contributed by atoms with Crippen LogP contribution in [0.25, 0.3) is 0 Å². The minimum absolute atomic E-state index is 0.0315. The van der Waals surface area contributed by atoms with E-state index in [1.165, 1.54) is 0 Å². The fourth-order valence-electron chi connectivity index (χ4n) is 0.739. The third-order valence-corrected chi connectivity index (χ3v) is 1.56. The standard InChI is InChI=1S/C8H8ClO/c9-8-4-2-1-3-7(8)5-6-10/h1-5,10H,6H2. The summed E-state index contributed by atoms with van der Waals surface area (Å²) in [6.45, 7) is 0.0315. The number of aliphatic hydroxyl groups excluding tert-OH is 1. The van der Waals surface area contributed by atoms with Gasteiger partial charge in [-0.3, -0.25) is 0 Å². The van der Waals surface area contributed by atoms with Crippen LogP contribution in [0.2, 0.25) is 5.02 Å². The summed E-state index contributed by atoms with van der Waals surface area (Å²) in [5, 5.41) is 9.21. The molecule has 0 unspecified atom stereocenters. The molecule has 1 N–H and O–H groups in total. The van der Waals surface area contributed by atoms with E-state index in [1.54, 1.807) is 12.5 Å². The van der Waals surface area contributed by atoms with E-state index in [1.807, 2.05) is 18.2 Å². The molecule has 0 aliphatic heterocycles. The second kappa shape index (κ2) is 3.59. The van der Waals surface area contributed by atoms with Gasteiger partial charge in [0.25, 0.3) is 0 Å². The van der Waals surface area contributed by atoms with Gasteiger partial charge in [-0.05, 0) is 11.6 Å². The maximum atomic E-state index is 8.53. The summed E-state index contributed by atoms with van der Waals surface area (Å²) in [6, 6.07) is 7.39. The lowest BCUT2D eigenvalue weighted by molar-refractivity contribution is 0.331. The Kier molecular flexibility index (Phi) is 2.72. The molecule has 0 bridgehead atoms. The highest BCUT2D eigenvalue weighted by molar-refractivity contribution is 6.31. The Morgan fingerprint density at radius 2 is 2.10 bits per heavy atom. The molecule has 0 atom stereocenters. The SMILES string of the molecule is OC[CH]c1ccccc1Cl. The van der Waals surface area contributed by atoms with Crippen molar-refractivity contribution >= 4 is 11.6 Å². The first-order valence-electron chi connectivity index (χ1n) is 3.03. The minimum Gasteiger partial charge on any atom is -0.396 e. The summed E-state index contributed by atoms with van der Waals surface area (Å²) in [4.78, 5) is 0. The molecule has 53 valence electrons. The molecule has 1 aromatic carbocycles. The van der Waals surface area contributed by atoms with Gasteiger partial charge in [0.05, 0.1) is 6.61 Å². The van der Waals surface area contributed by atoms with Crippen molar-refractivity contribution in [3.8, 4) is 0 Å². The third-order valence-electron chi connectivity index (χ3n) is 1.22. The summed E-state index contributed by atoms with van der Waals surface area (Å²) in [5.74, 6) is 0. The van der Waals surface area contributed by atoms with Gasteiger partial charge in [0.2, 0.25) is 0 Å². The van der Waals surface area contributed by atoms with Crippen LogP contribution in [0.4, 0.5) is 0 Å². The molecule has 2 heteroatoms. The van der Waals surface area contributed by atoms with Crippen LogP contribution in [0.3, 0.4) is 0 Å². The highest BCUT2D eigenvalue weighted by Crippen LogP contribution is 2.15. The molecule has 1 radical (unpaired) electrons. The van der Waals surface area contributed by atoms with Gasteiger partial charge >= 0.3 is 0 Å². The molecule has 10 heavy (non-hydrogen) atoms. The van der Waals surface area contributed by atoms with E-state index >= 15 is 0 Å². The van der Waals surface area contributed by atoms with E-state index < -0.39 is 0 Å². The van der Waals surface area contributed by atoms with Crippen molar-refractivity contribution in [2.75, 3.05) is 6.61 Å². The molecule has 0 spiro atoms. The molecule has 0 heterocycles. The number of hydrogen-bond acceptors (Lipinski definition) is 1. The van der Waals surface area contributed by atoms with Gasteiger partial charge in [0.1, 0.15) is 0 Å². The van der Waals surface area contributed by atoms with Gasteiger partial charge in [0.15, 0.2) is 0 Å². The van der Waals surface area contributed by atoms with E-state index in [-0.39, 0.29) is 6.61 Å². The average Bonchev–Trinajstić information content (AvgIpc) is 1.94. The molecule has 1 aromatic rings. The smallest absolute Gasteiger partial charge is 0.0507 e. The summed E-state index contributed by atoms with van der Waals surface area (Å²) in [6.07, 6.45) is 1.67. The number of aliphatic hydroxyl groups is 1. The molecule has 1 rings (SSSR count). The number of benzene rings is 1. The molecule has 0 fully saturated rings. The molecule has 1 nitrogen and oxygen atoms in total. The van der Waals surface area contributed by atoms with Crippen LogP contribution in [0.5, 0.6) is 0 Å². The maximum Gasteiger partial charge on any atom is 0.0507 e. The predicted octanol–water partition coefficient (Wildman–Crippen LogP) is 1.88. The van der Waals surface area contributed by atoms with Gasteiger partial charge in [-0.2, -0.15) is 0 Å². The second-order valence-corrected chi connectivity index (χ2v) is 2.32. The molecular weight excluding hydrogens is 148 g/mol. The van der Waals surface area contributed by atoms with Crippen molar-refractivity contribution in [2.24, 2.45) is 0 Å². The highest BCUT2D eigenvalue weighted by atomic mass is 35.5. The van der Waals surface area contributed by atoms with Crippen molar-refractivity contribution in [2.45, 2.75) is 0 Å². The van der Waals surface area contributed by atoms with Gasteiger partial charge in [0, 0.05) is 11.4 Å². The summed E-state index contributed by atoms with van der Waals surface area (Å²) in [7, 11) is 0. The fourth-order valence-corrected chi connectivity index (χ4v) is 0.952. The highest BCUT2D eigenvalue weighted by Gasteiger charge is 1.95. The summed E-state index contributed by atoms with van der Waals surface area (Å²) in [5.41, 5.74) is 0.881. The molecule has 0 aliphatic carbocycles. The van der Waals surface area contributed by atoms with Gasteiger partial charge in [-0.15, -0.1) is 0 Å². The molecule has 0 aliphatic rings. The predicted molar refractivity (Wildman–Crippen MR) is 41.9 cm³/mol. The van der Waals surface area contributed by atoms with E-state index in [0.717, 1.165) is 5.56 Å². The normalized spacial score (nSPS) is 9.80. The van der Waals surface area contributed by atoms with Crippen LogP contribution in [-0.4, -0.2) is 11.7 Å². The third kappa shape index (κ3) is 1.72. The quantitative estimate of drug-likeness (QED) is 0.692. The number of rotatable bonds is 2. The van der Waals surface area contributed by atoms with Crippen LogP contribution in [-0.2, 0) is 0 Å². The summed E-state index contributed by atoms with van der Waals surface area (Å²) < 4.78 is 0. The van der Waals surface area contributed by atoms with Crippen LogP contribution >= 0.6 is 11.6 Å². The average molecular weight is 156 g/mol. The van der Waals surface area contributed by atoms with Crippen molar-refractivity contribution in [3.63, 3.8) is 0 Å². The first-order valence-corrected chi connectivity index (χ1v) is 3.41. The topological polar surface area (TPSA) is 20.2 Å². The lowest BCUT2D eigenvalue weighted by atomic mass is 10.2. The van der Waals surface area contributed by atoms with Crippen molar-refractivity contribution in [1.29, 1.82) is 0 Å². The van der Waals surface area contributed by atoms with E-state index in [9.17, 15) is 0 Å². The monoisotopic (exact) mass is 155 g/mol. The first-order chi connectivity index (χ1) is 4.84. The van der Waals surface area contributed by atoms with Gasteiger partial charge < -0.3 is 5.11 Å². The Morgan fingerprint density at radius 1 is 1.40 bits per heavy atom. The zero-order valence-electron chi connectivity index (χ0n) is 5.42. The van der Waals surface area contributed by atoms with Crippen LogP contribution in [0.15, 0.2) is 24.3 Å². The van der Waals surface area contributed by atoms with Crippen LogP contribution in [0.1, 0.15) is 5.56 Å². The van der Waals surface area contributed by atoms with Gasteiger partial charge in [-0.25, -0.2) is 0 Å². The molecule has 0 amide bonds. The van der Waals surface area contributed by atoms with E-state index in [2.05, 4.69) is 0 Å². The van der Waals surface area contributed by atoms with E-state index in [0.29, 0.717) is 5.02 Å². The maximum absolute atomic E-state index is 8.53. The Hall–Kier alpha value is -0.530. The number of halogens is 1.